The van der Waals surface area contributed by atoms with Crippen LogP contribution in [0.2, 0.25) is 0 Å². The maximum absolute atomic E-state index is 12.0. The first kappa shape index (κ1) is 14.8. The minimum atomic E-state index is -0.524. The van der Waals surface area contributed by atoms with Crippen molar-refractivity contribution in [1.82, 2.24) is 5.32 Å². The molecule has 0 saturated heterocycles. The highest BCUT2D eigenvalue weighted by Gasteiger charge is 2.13. The van der Waals surface area contributed by atoms with Gasteiger partial charge in [0.25, 0.3) is 0 Å². The molecule has 104 valence electrons. The summed E-state index contributed by atoms with van der Waals surface area (Å²) in [7, 11) is 0. The predicted molar refractivity (Wildman–Crippen MR) is 84.1 cm³/mol. The van der Waals surface area contributed by atoms with Crippen molar-refractivity contribution in [3.05, 3.63) is 70.2 Å². The van der Waals surface area contributed by atoms with Gasteiger partial charge in [-0.2, -0.15) is 0 Å². The van der Waals surface area contributed by atoms with Crippen LogP contribution < -0.4 is 11.1 Å². The van der Waals surface area contributed by atoms with E-state index in [0.717, 1.165) is 15.6 Å². The molecule has 0 unspecified atom stereocenters. The molecule has 4 heteroatoms. The van der Waals surface area contributed by atoms with Crippen molar-refractivity contribution in [1.29, 1.82) is 0 Å². The van der Waals surface area contributed by atoms with Gasteiger partial charge >= 0.3 is 0 Å². The molecule has 1 atom stereocenters. The van der Waals surface area contributed by atoms with Crippen LogP contribution in [0.4, 0.5) is 0 Å². The molecule has 0 spiro atoms. The van der Waals surface area contributed by atoms with Crippen LogP contribution in [0.25, 0.3) is 0 Å². The second-order valence-corrected chi connectivity index (χ2v) is 5.56. The lowest BCUT2D eigenvalue weighted by Gasteiger charge is -2.12. The lowest BCUT2D eigenvalue weighted by molar-refractivity contribution is -0.122. The van der Waals surface area contributed by atoms with Gasteiger partial charge in [0.15, 0.2) is 0 Å². The van der Waals surface area contributed by atoms with Gasteiger partial charge < -0.3 is 11.1 Å². The van der Waals surface area contributed by atoms with Crippen LogP contribution in [0.5, 0.6) is 0 Å². The fraction of sp³-hybridized carbons (Fsp3) is 0.188. The highest BCUT2D eigenvalue weighted by atomic mass is 79.9. The van der Waals surface area contributed by atoms with E-state index in [2.05, 4.69) is 21.2 Å². The Labute approximate surface area is 127 Å². The fourth-order valence-corrected chi connectivity index (χ4v) is 2.37. The Morgan fingerprint density at radius 3 is 2.50 bits per heavy atom. The Bertz CT molecular complexity index is 572. The van der Waals surface area contributed by atoms with E-state index in [1.807, 2.05) is 54.6 Å². The van der Waals surface area contributed by atoms with Crippen LogP contribution in [-0.2, 0) is 17.8 Å². The first-order valence-electron chi connectivity index (χ1n) is 6.47. The number of rotatable bonds is 5. The van der Waals surface area contributed by atoms with E-state index in [1.165, 1.54) is 0 Å². The summed E-state index contributed by atoms with van der Waals surface area (Å²) in [6.07, 6.45) is 0.547. The Morgan fingerprint density at radius 1 is 1.10 bits per heavy atom. The zero-order chi connectivity index (χ0) is 14.4. The van der Waals surface area contributed by atoms with Crippen LogP contribution in [0, 0.1) is 0 Å². The summed E-state index contributed by atoms with van der Waals surface area (Å²) >= 11 is 3.40. The van der Waals surface area contributed by atoms with Gasteiger partial charge in [0.05, 0.1) is 6.04 Å². The van der Waals surface area contributed by atoms with Gasteiger partial charge in [-0.1, -0.05) is 58.4 Å². The minimum Gasteiger partial charge on any atom is -0.351 e. The zero-order valence-electron chi connectivity index (χ0n) is 11.1. The van der Waals surface area contributed by atoms with Crippen molar-refractivity contribution in [2.45, 2.75) is 19.0 Å². The third-order valence-electron chi connectivity index (χ3n) is 2.99. The standard InChI is InChI=1S/C16H17BrN2O/c17-14-8-4-7-13(9-14)11-19-16(20)15(18)10-12-5-2-1-3-6-12/h1-9,15H,10-11,18H2,(H,19,20)/t15-/m0/s1. The van der Waals surface area contributed by atoms with Crippen molar-refractivity contribution >= 4 is 21.8 Å². The molecular weight excluding hydrogens is 316 g/mol. The highest BCUT2D eigenvalue weighted by molar-refractivity contribution is 9.10. The van der Waals surface area contributed by atoms with Crippen LogP contribution in [-0.4, -0.2) is 11.9 Å². The molecule has 0 aliphatic rings. The van der Waals surface area contributed by atoms with E-state index in [0.29, 0.717) is 13.0 Å². The quantitative estimate of drug-likeness (QED) is 0.884. The molecule has 0 radical (unpaired) electrons. The summed E-state index contributed by atoms with van der Waals surface area (Å²) in [6, 6.07) is 17.1. The summed E-state index contributed by atoms with van der Waals surface area (Å²) in [5.74, 6) is -0.131. The molecule has 0 saturated carbocycles. The highest BCUT2D eigenvalue weighted by Crippen LogP contribution is 2.11. The van der Waals surface area contributed by atoms with E-state index < -0.39 is 6.04 Å². The predicted octanol–water partition coefficient (Wildman–Crippen LogP) is 2.64. The van der Waals surface area contributed by atoms with Gasteiger partial charge in [0.2, 0.25) is 5.91 Å². The monoisotopic (exact) mass is 332 g/mol. The number of carbonyl (C=O) groups excluding carboxylic acids is 1. The van der Waals surface area contributed by atoms with Crippen molar-refractivity contribution < 1.29 is 4.79 Å². The molecule has 0 aliphatic heterocycles. The van der Waals surface area contributed by atoms with Crippen molar-refractivity contribution in [2.75, 3.05) is 0 Å². The molecule has 1 amide bonds. The Hall–Kier alpha value is -1.65. The lowest BCUT2D eigenvalue weighted by atomic mass is 10.1. The van der Waals surface area contributed by atoms with Gasteiger partial charge in [-0.05, 0) is 29.7 Å². The van der Waals surface area contributed by atoms with E-state index in [4.69, 9.17) is 5.73 Å². The molecule has 2 aromatic carbocycles. The molecular formula is C16H17BrN2O. The molecule has 2 rings (SSSR count). The second-order valence-electron chi connectivity index (χ2n) is 4.64. The van der Waals surface area contributed by atoms with Crippen LogP contribution in [0.3, 0.4) is 0 Å². The number of halogens is 1. The average Bonchev–Trinajstić information content (AvgIpc) is 2.46. The van der Waals surface area contributed by atoms with Gasteiger partial charge in [0.1, 0.15) is 0 Å². The third-order valence-corrected chi connectivity index (χ3v) is 3.48. The van der Waals surface area contributed by atoms with Crippen LogP contribution >= 0.6 is 15.9 Å². The molecule has 0 bridgehead atoms. The number of hydrogen-bond donors (Lipinski definition) is 2. The van der Waals surface area contributed by atoms with Crippen molar-refractivity contribution in [2.24, 2.45) is 5.73 Å². The summed E-state index contributed by atoms with van der Waals surface area (Å²) in [5, 5.41) is 2.86. The van der Waals surface area contributed by atoms with E-state index in [9.17, 15) is 4.79 Å². The second kappa shape index (κ2) is 7.22. The van der Waals surface area contributed by atoms with E-state index in [1.54, 1.807) is 0 Å². The normalized spacial score (nSPS) is 11.9. The molecule has 20 heavy (non-hydrogen) atoms. The Kier molecular flexibility index (Phi) is 5.32. The molecule has 0 fully saturated rings. The van der Waals surface area contributed by atoms with Crippen molar-refractivity contribution in [3.8, 4) is 0 Å². The largest absolute Gasteiger partial charge is 0.351 e. The summed E-state index contributed by atoms with van der Waals surface area (Å²) < 4.78 is 0.998. The SMILES string of the molecule is N[C@@H](Cc1ccccc1)C(=O)NCc1cccc(Br)c1. The summed E-state index contributed by atoms with van der Waals surface area (Å²) in [4.78, 5) is 12.0. The third kappa shape index (κ3) is 4.47. The number of nitrogens with two attached hydrogens (primary N) is 1. The average molecular weight is 333 g/mol. The topological polar surface area (TPSA) is 55.1 Å². The summed E-state index contributed by atoms with van der Waals surface area (Å²) in [5.41, 5.74) is 8.03. The number of benzene rings is 2. The van der Waals surface area contributed by atoms with Crippen LogP contribution in [0.1, 0.15) is 11.1 Å². The van der Waals surface area contributed by atoms with E-state index in [-0.39, 0.29) is 5.91 Å². The van der Waals surface area contributed by atoms with E-state index >= 15 is 0 Å². The number of nitrogens with one attached hydrogen (secondary N) is 1. The smallest absolute Gasteiger partial charge is 0.237 e. The maximum atomic E-state index is 12.0. The number of carbonyl (C=O) groups is 1. The Morgan fingerprint density at radius 2 is 1.80 bits per heavy atom. The number of hydrogen-bond acceptors (Lipinski definition) is 2. The molecule has 3 nitrogen and oxygen atoms in total. The summed E-state index contributed by atoms with van der Waals surface area (Å²) in [6.45, 7) is 0.487. The molecule has 0 aromatic heterocycles. The zero-order valence-corrected chi connectivity index (χ0v) is 12.6. The van der Waals surface area contributed by atoms with Gasteiger partial charge in [-0.15, -0.1) is 0 Å². The van der Waals surface area contributed by atoms with Gasteiger partial charge in [-0.3, -0.25) is 4.79 Å². The number of amides is 1. The Balaban J connectivity index is 1.85. The minimum absolute atomic E-state index is 0.131. The van der Waals surface area contributed by atoms with Gasteiger partial charge in [-0.25, -0.2) is 0 Å². The fourth-order valence-electron chi connectivity index (χ4n) is 1.93. The van der Waals surface area contributed by atoms with Gasteiger partial charge in [0, 0.05) is 11.0 Å². The molecule has 3 N–H and O–H groups in total. The van der Waals surface area contributed by atoms with Crippen LogP contribution in [0.15, 0.2) is 59.1 Å². The molecule has 0 aliphatic carbocycles. The maximum Gasteiger partial charge on any atom is 0.237 e. The molecule has 2 aromatic rings. The lowest BCUT2D eigenvalue weighted by Crippen LogP contribution is -2.41. The van der Waals surface area contributed by atoms with Crippen molar-refractivity contribution in [3.63, 3.8) is 0 Å². The molecule has 0 heterocycles. The first-order valence-corrected chi connectivity index (χ1v) is 7.26. The first-order chi connectivity index (χ1) is 9.65.